The van der Waals surface area contributed by atoms with Gasteiger partial charge in [0, 0.05) is 19.7 Å². The monoisotopic (exact) mass is 266 g/mol. The first-order chi connectivity index (χ1) is 7.49. The molecule has 1 amide bonds. The molecular formula is C12H27ClN2O2. The Kier molecular flexibility index (Phi) is 12.1. The van der Waals surface area contributed by atoms with Gasteiger partial charge >= 0.3 is 0 Å². The van der Waals surface area contributed by atoms with Gasteiger partial charge in [-0.05, 0) is 25.7 Å². The number of halogens is 1. The van der Waals surface area contributed by atoms with Gasteiger partial charge in [0.15, 0.2) is 0 Å². The highest BCUT2D eigenvalue weighted by molar-refractivity contribution is 5.85. The minimum atomic E-state index is -0.169. The average Bonchev–Trinajstić information content (AvgIpc) is 2.23. The second kappa shape index (κ2) is 10.8. The average molecular weight is 267 g/mol. The van der Waals surface area contributed by atoms with E-state index in [1.807, 2.05) is 6.92 Å². The third-order valence-corrected chi connectivity index (χ3v) is 2.59. The van der Waals surface area contributed by atoms with Crippen molar-refractivity contribution >= 4 is 18.3 Å². The lowest BCUT2D eigenvalue weighted by atomic mass is 10.0. The Hall–Kier alpha value is -0.320. The van der Waals surface area contributed by atoms with E-state index in [2.05, 4.69) is 19.2 Å². The summed E-state index contributed by atoms with van der Waals surface area (Å²) in [6, 6.07) is 0.227. The van der Waals surface area contributed by atoms with E-state index in [1.165, 1.54) is 0 Å². The van der Waals surface area contributed by atoms with Gasteiger partial charge in [-0.3, -0.25) is 4.79 Å². The van der Waals surface area contributed by atoms with Crippen LogP contribution in [0.15, 0.2) is 0 Å². The van der Waals surface area contributed by atoms with Crippen molar-refractivity contribution in [3.05, 3.63) is 0 Å². The molecule has 0 saturated heterocycles. The molecule has 3 N–H and O–H groups in total. The van der Waals surface area contributed by atoms with Gasteiger partial charge in [-0.1, -0.05) is 13.8 Å². The van der Waals surface area contributed by atoms with Crippen LogP contribution >= 0.6 is 12.4 Å². The van der Waals surface area contributed by atoms with Gasteiger partial charge in [-0.2, -0.15) is 0 Å². The number of hydrogen-bond acceptors (Lipinski definition) is 3. The van der Waals surface area contributed by atoms with Crippen LogP contribution in [-0.4, -0.2) is 31.7 Å². The molecule has 0 aromatic carbocycles. The summed E-state index contributed by atoms with van der Waals surface area (Å²) in [6.07, 6.45) is 2.33. The summed E-state index contributed by atoms with van der Waals surface area (Å²) in [7, 11) is 1.58. The van der Waals surface area contributed by atoms with Gasteiger partial charge in [0.05, 0.1) is 12.5 Å². The smallest absolute Gasteiger partial charge is 0.222 e. The Morgan fingerprint density at radius 3 is 2.29 bits per heavy atom. The largest absolute Gasteiger partial charge is 0.380 e. The summed E-state index contributed by atoms with van der Waals surface area (Å²) < 4.78 is 5.06. The summed E-state index contributed by atoms with van der Waals surface area (Å²) >= 11 is 0. The SMILES string of the molecule is COC(CN)CC(=O)NC(C)CCC(C)C.Cl. The first-order valence-electron chi connectivity index (χ1n) is 6.01. The Bertz CT molecular complexity index is 197. The van der Waals surface area contributed by atoms with Crippen LogP contribution in [-0.2, 0) is 9.53 Å². The molecule has 0 rings (SSSR count). The van der Waals surface area contributed by atoms with E-state index >= 15 is 0 Å². The topological polar surface area (TPSA) is 64.3 Å². The Labute approximate surface area is 111 Å². The predicted octanol–water partition coefficient (Wildman–Crippen LogP) is 1.71. The standard InChI is InChI=1S/C12H26N2O2.ClH/c1-9(2)5-6-10(3)14-12(15)7-11(8-13)16-4;/h9-11H,5-8,13H2,1-4H3,(H,14,15);1H. The molecule has 2 unspecified atom stereocenters. The molecule has 0 fully saturated rings. The fraction of sp³-hybridized carbons (Fsp3) is 0.917. The zero-order valence-corrected chi connectivity index (χ0v) is 12.2. The van der Waals surface area contributed by atoms with Gasteiger partial charge in [-0.15, -0.1) is 12.4 Å². The maximum Gasteiger partial charge on any atom is 0.222 e. The second-order valence-electron chi connectivity index (χ2n) is 4.74. The Balaban J connectivity index is 0. The highest BCUT2D eigenvalue weighted by atomic mass is 35.5. The molecule has 0 saturated carbocycles. The summed E-state index contributed by atoms with van der Waals surface area (Å²) in [4.78, 5) is 11.6. The molecule has 0 aliphatic heterocycles. The van der Waals surface area contributed by atoms with E-state index in [-0.39, 0.29) is 30.5 Å². The molecule has 0 aromatic rings. The molecule has 0 aliphatic carbocycles. The molecule has 0 aliphatic rings. The third kappa shape index (κ3) is 10.5. The molecule has 2 atom stereocenters. The minimum absolute atomic E-state index is 0. The van der Waals surface area contributed by atoms with Crippen LogP contribution in [0.25, 0.3) is 0 Å². The number of carbonyl (C=O) groups is 1. The number of hydrogen-bond donors (Lipinski definition) is 2. The van der Waals surface area contributed by atoms with Gasteiger partial charge in [0.1, 0.15) is 0 Å². The number of carbonyl (C=O) groups excluding carboxylic acids is 1. The fourth-order valence-corrected chi connectivity index (χ4v) is 1.46. The van der Waals surface area contributed by atoms with Crippen LogP contribution in [0, 0.1) is 5.92 Å². The number of rotatable bonds is 8. The zero-order valence-electron chi connectivity index (χ0n) is 11.4. The van der Waals surface area contributed by atoms with Crippen molar-refractivity contribution in [3.8, 4) is 0 Å². The maximum atomic E-state index is 11.6. The molecular weight excluding hydrogens is 240 g/mol. The van der Waals surface area contributed by atoms with Crippen molar-refractivity contribution in [3.63, 3.8) is 0 Å². The predicted molar refractivity (Wildman–Crippen MR) is 73.4 cm³/mol. The van der Waals surface area contributed by atoms with E-state index < -0.39 is 0 Å². The van der Waals surface area contributed by atoms with Crippen molar-refractivity contribution < 1.29 is 9.53 Å². The van der Waals surface area contributed by atoms with Crippen LogP contribution in [0.2, 0.25) is 0 Å². The Morgan fingerprint density at radius 1 is 1.29 bits per heavy atom. The molecule has 5 heteroatoms. The number of amides is 1. The van der Waals surface area contributed by atoms with Crippen LogP contribution < -0.4 is 11.1 Å². The lowest BCUT2D eigenvalue weighted by Crippen LogP contribution is -2.37. The lowest BCUT2D eigenvalue weighted by Gasteiger charge is -2.17. The van der Waals surface area contributed by atoms with E-state index in [9.17, 15) is 4.79 Å². The highest BCUT2D eigenvalue weighted by Gasteiger charge is 2.13. The van der Waals surface area contributed by atoms with Gasteiger partial charge in [-0.25, -0.2) is 0 Å². The number of nitrogens with two attached hydrogens (primary N) is 1. The normalized spacial score (nSPS) is 14.0. The first-order valence-corrected chi connectivity index (χ1v) is 6.01. The fourth-order valence-electron chi connectivity index (χ4n) is 1.46. The Morgan fingerprint density at radius 2 is 1.88 bits per heavy atom. The highest BCUT2D eigenvalue weighted by Crippen LogP contribution is 2.06. The quantitative estimate of drug-likeness (QED) is 0.703. The number of methoxy groups -OCH3 is 1. The second-order valence-corrected chi connectivity index (χ2v) is 4.74. The minimum Gasteiger partial charge on any atom is -0.380 e. The molecule has 104 valence electrons. The van der Waals surface area contributed by atoms with Gasteiger partial charge in [0.2, 0.25) is 5.91 Å². The molecule has 0 bridgehead atoms. The number of nitrogens with one attached hydrogen (secondary N) is 1. The molecule has 0 spiro atoms. The number of ether oxygens (including phenoxy) is 1. The van der Waals surface area contributed by atoms with Crippen LogP contribution in [0.3, 0.4) is 0 Å². The van der Waals surface area contributed by atoms with Crippen LogP contribution in [0.4, 0.5) is 0 Å². The summed E-state index contributed by atoms with van der Waals surface area (Å²) in [5.41, 5.74) is 5.46. The van der Waals surface area contributed by atoms with Gasteiger partial charge in [0.25, 0.3) is 0 Å². The molecule has 4 nitrogen and oxygen atoms in total. The molecule has 0 heterocycles. The summed E-state index contributed by atoms with van der Waals surface area (Å²) in [6.45, 7) is 6.78. The van der Waals surface area contributed by atoms with Crippen molar-refractivity contribution in [2.75, 3.05) is 13.7 Å². The van der Waals surface area contributed by atoms with E-state index in [0.29, 0.717) is 18.9 Å². The van der Waals surface area contributed by atoms with Crippen LogP contribution in [0.1, 0.15) is 40.0 Å². The van der Waals surface area contributed by atoms with E-state index in [4.69, 9.17) is 10.5 Å². The summed E-state index contributed by atoms with van der Waals surface area (Å²) in [5, 5.41) is 2.96. The zero-order chi connectivity index (χ0) is 12.6. The summed E-state index contributed by atoms with van der Waals surface area (Å²) in [5.74, 6) is 0.698. The van der Waals surface area contributed by atoms with Gasteiger partial charge < -0.3 is 15.8 Å². The maximum absolute atomic E-state index is 11.6. The van der Waals surface area contributed by atoms with Crippen molar-refractivity contribution in [2.45, 2.75) is 52.2 Å². The molecule has 0 aromatic heterocycles. The van der Waals surface area contributed by atoms with E-state index in [0.717, 1.165) is 12.8 Å². The van der Waals surface area contributed by atoms with Crippen molar-refractivity contribution in [1.82, 2.24) is 5.32 Å². The van der Waals surface area contributed by atoms with Crippen molar-refractivity contribution in [2.24, 2.45) is 11.7 Å². The van der Waals surface area contributed by atoms with E-state index in [1.54, 1.807) is 7.11 Å². The molecule has 17 heavy (non-hydrogen) atoms. The van der Waals surface area contributed by atoms with Crippen molar-refractivity contribution in [1.29, 1.82) is 0 Å². The van der Waals surface area contributed by atoms with Crippen LogP contribution in [0.5, 0.6) is 0 Å². The molecule has 0 radical (unpaired) electrons. The third-order valence-electron chi connectivity index (χ3n) is 2.59. The first kappa shape index (κ1) is 19.0. The lowest BCUT2D eigenvalue weighted by molar-refractivity contribution is -0.124.